The molecule has 1 amide bonds. The predicted molar refractivity (Wildman–Crippen MR) is 110 cm³/mol. The van der Waals surface area contributed by atoms with Crippen LogP contribution < -0.4 is 15.4 Å². The number of para-hydroxylation sites is 2. The molecule has 2 N–H and O–H groups in total. The predicted octanol–water partition coefficient (Wildman–Crippen LogP) is 3.82. The van der Waals surface area contributed by atoms with Crippen LogP contribution >= 0.6 is 0 Å². The monoisotopic (exact) mass is 376 g/mol. The lowest BCUT2D eigenvalue weighted by Gasteiger charge is -2.12. The first kappa shape index (κ1) is 19.4. The van der Waals surface area contributed by atoms with Gasteiger partial charge in [0.05, 0.1) is 19.5 Å². The van der Waals surface area contributed by atoms with Gasteiger partial charge in [0, 0.05) is 12.2 Å². The molecule has 2 aromatic carbocycles. The van der Waals surface area contributed by atoms with Gasteiger partial charge in [-0.2, -0.15) is 0 Å². The van der Waals surface area contributed by atoms with Crippen molar-refractivity contribution in [1.82, 2.24) is 15.3 Å². The van der Waals surface area contributed by atoms with E-state index in [2.05, 4.69) is 20.6 Å². The highest BCUT2D eigenvalue weighted by Crippen LogP contribution is 2.22. The largest absolute Gasteiger partial charge is 0.496 e. The molecule has 0 aliphatic heterocycles. The molecule has 3 aromatic rings. The third-order valence-electron chi connectivity index (χ3n) is 4.49. The van der Waals surface area contributed by atoms with Crippen LogP contribution in [0.5, 0.6) is 5.75 Å². The molecule has 0 aliphatic carbocycles. The maximum absolute atomic E-state index is 12.3. The summed E-state index contributed by atoms with van der Waals surface area (Å²) in [6, 6.07) is 13.8. The molecule has 0 fully saturated rings. The van der Waals surface area contributed by atoms with Gasteiger partial charge in [-0.1, -0.05) is 36.4 Å². The summed E-state index contributed by atoms with van der Waals surface area (Å²) in [6.45, 7) is 4.56. The van der Waals surface area contributed by atoms with Crippen molar-refractivity contribution in [2.45, 2.75) is 20.3 Å². The van der Waals surface area contributed by atoms with E-state index in [0.717, 1.165) is 28.1 Å². The minimum absolute atomic E-state index is 0.249. The summed E-state index contributed by atoms with van der Waals surface area (Å²) in [5.41, 5.74) is 4.59. The van der Waals surface area contributed by atoms with E-state index in [-0.39, 0.29) is 11.6 Å². The van der Waals surface area contributed by atoms with Gasteiger partial charge in [-0.3, -0.25) is 4.79 Å². The molecule has 28 heavy (non-hydrogen) atoms. The summed E-state index contributed by atoms with van der Waals surface area (Å²) >= 11 is 0. The number of nitrogens with one attached hydrogen (secondary N) is 2. The fraction of sp³-hybridized carbons (Fsp3) is 0.227. The molecule has 0 radical (unpaired) electrons. The van der Waals surface area contributed by atoms with Gasteiger partial charge in [0.1, 0.15) is 17.3 Å². The van der Waals surface area contributed by atoms with E-state index in [1.54, 1.807) is 13.3 Å². The lowest BCUT2D eigenvalue weighted by Crippen LogP contribution is -2.26. The Balaban J connectivity index is 1.58. The van der Waals surface area contributed by atoms with Crippen LogP contribution in [0.1, 0.15) is 27.2 Å². The van der Waals surface area contributed by atoms with Crippen LogP contribution in [0, 0.1) is 13.8 Å². The maximum atomic E-state index is 12.3. The van der Waals surface area contributed by atoms with E-state index in [1.807, 2.05) is 56.3 Å². The zero-order chi connectivity index (χ0) is 19.9. The molecule has 0 bridgehead atoms. The second kappa shape index (κ2) is 8.99. The average molecular weight is 376 g/mol. The normalized spacial score (nSPS) is 10.4. The maximum Gasteiger partial charge on any atom is 0.271 e. The lowest BCUT2D eigenvalue weighted by atomic mass is 10.1. The summed E-state index contributed by atoms with van der Waals surface area (Å²) in [7, 11) is 1.64. The van der Waals surface area contributed by atoms with Crippen molar-refractivity contribution in [2.75, 3.05) is 19.0 Å². The third kappa shape index (κ3) is 4.65. The number of amides is 1. The number of hydrogen-bond donors (Lipinski definition) is 2. The Kier molecular flexibility index (Phi) is 6.22. The van der Waals surface area contributed by atoms with E-state index >= 15 is 0 Å². The summed E-state index contributed by atoms with van der Waals surface area (Å²) in [5, 5.41) is 6.13. The number of carbonyl (C=O) groups excluding carboxylic acids is 1. The summed E-state index contributed by atoms with van der Waals surface area (Å²) in [6.07, 6.45) is 3.73. The molecule has 0 spiro atoms. The molecule has 6 nitrogen and oxygen atoms in total. The molecule has 0 aliphatic rings. The summed E-state index contributed by atoms with van der Waals surface area (Å²) < 4.78 is 5.32. The highest BCUT2D eigenvalue weighted by molar-refractivity contribution is 5.92. The lowest BCUT2D eigenvalue weighted by molar-refractivity contribution is 0.0948. The molecule has 0 saturated carbocycles. The van der Waals surface area contributed by atoms with Gasteiger partial charge < -0.3 is 15.4 Å². The number of methoxy groups -OCH3 is 1. The Hall–Kier alpha value is -3.41. The van der Waals surface area contributed by atoms with Crippen molar-refractivity contribution in [3.63, 3.8) is 0 Å². The second-order valence-corrected chi connectivity index (χ2v) is 6.50. The number of carbonyl (C=O) groups is 1. The number of rotatable bonds is 7. The molecule has 0 saturated heterocycles. The van der Waals surface area contributed by atoms with Crippen LogP contribution in [-0.2, 0) is 6.42 Å². The van der Waals surface area contributed by atoms with Gasteiger partial charge in [-0.15, -0.1) is 0 Å². The SMILES string of the molecule is COc1ccccc1CCNC(=O)c1cnc(Nc2c(C)cccc2C)cn1. The Morgan fingerprint density at radius 3 is 2.43 bits per heavy atom. The topological polar surface area (TPSA) is 76.1 Å². The van der Waals surface area contributed by atoms with Gasteiger partial charge in [-0.25, -0.2) is 9.97 Å². The van der Waals surface area contributed by atoms with E-state index in [1.165, 1.54) is 6.20 Å². The van der Waals surface area contributed by atoms with Crippen molar-refractivity contribution in [1.29, 1.82) is 0 Å². The molecule has 6 heteroatoms. The molecular weight excluding hydrogens is 352 g/mol. The van der Waals surface area contributed by atoms with E-state index < -0.39 is 0 Å². The fourth-order valence-electron chi connectivity index (χ4n) is 2.96. The molecular formula is C22H24N4O2. The molecule has 0 unspecified atom stereocenters. The number of hydrogen-bond acceptors (Lipinski definition) is 5. The summed E-state index contributed by atoms with van der Waals surface area (Å²) in [4.78, 5) is 20.9. The number of anilines is 2. The molecule has 1 aromatic heterocycles. The Bertz CT molecular complexity index is 935. The third-order valence-corrected chi connectivity index (χ3v) is 4.49. The average Bonchev–Trinajstić information content (AvgIpc) is 2.71. The first-order chi connectivity index (χ1) is 13.6. The quantitative estimate of drug-likeness (QED) is 0.656. The number of aryl methyl sites for hydroxylation is 2. The Labute approximate surface area is 165 Å². The zero-order valence-corrected chi connectivity index (χ0v) is 16.3. The van der Waals surface area contributed by atoms with Crippen LogP contribution in [0.4, 0.5) is 11.5 Å². The molecule has 0 atom stereocenters. The second-order valence-electron chi connectivity index (χ2n) is 6.50. The molecule has 1 heterocycles. The standard InChI is InChI=1S/C22H24N4O2/c1-15-7-6-8-16(2)21(15)26-20-14-24-18(13-25-20)22(27)23-12-11-17-9-4-5-10-19(17)28-3/h4-10,13-14H,11-12H2,1-3H3,(H,23,27)(H,25,26). The van der Waals surface area contributed by atoms with Crippen LogP contribution in [0.25, 0.3) is 0 Å². The molecule has 144 valence electrons. The van der Waals surface area contributed by atoms with E-state index in [4.69, 9.17) is 4.74 Å². The first-order valence-corrected chi connectivity index (χ1v) is 9.14. The van der Waals surface area contributed by atoms with Gasteiger partial charge in [-0.05, 0) is 43.0 Å². The number of nitrogens with zero attached hydrogens (tertiary/aromatic N) is 2. The Morgan fingerprint density at radius 2 is 1.75 bits per heavy atom. The van der Waals surface area contributed by atoms with Crippen molar-refractivity contribution < 1.29 is 9.53 Å². The highest BCUT2D eigenvalue weighted by atomic mass is 16.5. The minimum Gasteiger partial charge on any atom is -0.496 e. The fourth-order valence-corrected chi connectivity index (χ4v) is 2.96. The number of ether oxygens (including phenoxy) is 1. The van der Waals surface area contributed by atoms with Crippen molar-refractivity contribution in [3.8, 4) is 5.75 Å². The van der Waals surface area contributed by atoms with E-state index in [9.17, 15) is 4.79 Å². The van der Waals surface area contributed by atoms with Crippen LogP contribution in [0.15, 0.2) is 54.9 Å². The van der Waals surface area contributed by atoms with Gasteiger partial charge in [0.25, 0.3) is 5.91 Å². The number of aromatic nitrogens is 2. The summed E-state index contributed by atoms with van der Waals surface area (Å²) in [5.74, 6) is 1.17. The Morgan fingerprint density at radius 1 is 1.00 bits per heavy atom. The van der Waals surface area contributed by atoms with Crippen molar-refractivity contribution in [2.24, 2.45) is 0 Å². The van der Waals surface area contributed by atoms with Crippen LogP contribution in [0.3, 0.4) is 0 Å². The van der Waals surface area contributed by atoms with Gasteiger partial charge in [0.15, 0.2) is 0 Å². The van der Waals surface area contributed by atoms with Crippen molar-refractivity contribution >= 4 is 17.4 Å². The highest BCUT2D eigenvalue weighted by Gasteiger charge is 2.10. The van der Waals surface area contributed by atoms with Gasteiger partial charge in [0.2, 0.25) is 0 Å². The van der Waals surface area contributed by atoms with Crippen LogP contribution in [-0.4, -0.2) is 29.5 Å². The molecule has 3 rings (SSSR count). The van der Waals surface area contributed by atoms with Crippen LogP contribution in [0.2, 0.25) is 0 Å². The smallest absolute Gasteiger partial charge is 0.271 e. The van der Waals surface area contributed by atoms with E-state index in [0.29, 0.717) is 18.8 Å². The number of benzene rings is 2. The minimum atomic E-state index is -0.249. The van der Waals surface area contributed by atoms with Gasteiger partial charge >= 0.3 is 0 Å². The zero-order valence-electron chi connectivity index (χ0n) is 16.3. The first-order valence-electron chi connectivity index (χ1n) is 9.14. The van der Waals surface area contributed by atoms with Crippen molar-refractivity contribution in [3.05, 3.63) is 77.2 Å².